The van der Waals surface area contributed by atoms with Crippen LogP contribution in [0.2, 0.25) is 0 Å². The van der Waals surface area contributed by atoms with Crippen molar-refractivity contribution in [3.8, 4) is 0 Å². The van der Waals surface area contributed by atoms with Crippen LogP contribution < -0.4 is 11.3 Å². The van der Waals surface area contributed by atoms with E-state index in [2.05, 4.69) is 12.3 Å². The van der Waals surface area contributed by atoms with E-state index in [0.717, 1.165) is 5.75 Å². The molecule has 1 aromatic carbocycles. The molecule has 114 valence electrons. The number of thioether (sulfide) groups is 1. The van der Waals surface area contributed by atoms with Crippen LogP contribution in [0.4, 0.5) is 11.4 Å². The molecule has 8 heteroatoms. The van der Waals surface area contributed by atoms with Crippen LogP contribution in [0.25, 0.3) is 0 Å². The van der Waals surface area contributed by atoms with E-state index < -0.39 is 4.92 Å². The van der Waals surface area contributed by atoms with Gasteiger partial charge in [0, 0.05) is 29.7 Å². The van der Waals surface area contributed by atoms with Crippen molar-refractivity contribution in [2.45, 2.75) is 25.1 Å². The molecule has 0 radical (unpaired) electrons. The number of nitrogens with two attached hydrogens (primary N) is 1. The largest absolute Gasteiger partial charge is 0.334 e. The number of amides is 1. The maximum Gasteiger partial charge on any atom is 0.294 e. The molecule has 1 amide bonds. The van der Waals surface area contributed by atoms with Gasteiger partial charge in [0.05, 0.1) is 10.5 Å². The third-order valence-corrected chi connectivity index (χ3v) is 5.10. The number of rotatable bonds is 3. The summed E-state index contributed by atoms with van der Waals surface area (Å²) in [6, 6.07) is 4.45. The van der Waals surface area contributed by atoms with Gasteiger partial charge in [-0.3, -0.25) is 20.8 Å². The highest BCUT2D eigenvalue weighted by Gasteiger charge is 2.32. The van der Waals surface area contributed by atoms with Crippen LogP contribution >= 0.6 is 11.8 Å². The van der Waals surface area contributed by atoms with E-state index in [9.17, 15) is 14.9 Å². The molecule has 1 aliphatic heterocycles. The number of anilines is 1. The minimum Gasteiger partial charge on any atom is -0.334 e. The summed E-state index contributed by atoms with van der Waals surface area (Å²) >= 11 is 1.82. The average molecular weight is 310 g/mol. The standard InChI is InChI=1S/C13H18N4O3S/c1-8-9(2)21-7-6-16(8)13(18)10-4-3-5-11(17(19)20)12(10)15-14/h3-5,8-9,15H,6-7,14H2,1-2H3. The molecule has 2 atom stereocenters. The van der Waals surface area contributed by atoms with E-state index in [0.29, 0.717) is 11.8 Å². The topological polar surface area (TPSA) is 102 Å². The number of nitro benzene ring substituents is 1. The Morgan fingerprint density at radius 1 is 1.52 bits per heavy atom. The van der Waals surface area contributed by atoms with Crippen molar-refractivity contribution in [2.75, 3.05) is 17.7 Å². The third kappa shape index (κ3) is 2.96. The molecule has 1 aliphatic rings. The van der Waals surface area contributed by atoms with Gasteiger partial charge in [0.25, 0.3) is 11.6 Å². The molecule has 3 N–H and O–H groups in total. The summed E-state index contributed by atoms with van der Waals surface area (Å²) in [6.45, 7) is 4.69. The highest BCUT2D eigenvalue weighted by Crippen LogP contribution is 2.31. The van der Waals surface area contributed by atoms with Gasteiger partial charge < -0.3 is 10.3 Å². The normalized spacial score (nSPS) is 22.0. The van der Waals surface area contributed by atoms with E-state index in [1.165, 1.54) is 12.1 Å². The molecule has 21 heavy (non-hydrogen) atoms. The quantitative estimate of drug-likeness (QED) is 0.502. The number of nitrogens with one attached hydrogen (secondary N) is 1. The Balaban J connectivity index is 2.39. The number of para-hydroxylation sites is 1. The molecule has 0 aliphatic carbocycles. The SMILES string of the molecule is CC1SCCN(C(=O)c2cccc([N+](=O)[O-])c2NN)C1C. The van der Waals surface area contributed by atoms with Gasteiger partial charge in [0.2, 0.25) is 0 Å². The summed E-state index contributed by atoms with van der Waals surface area (Å²) in [7, 11) is 0. The Morgan fingerprint density at radius 3 is 2.86 bits per heavy atom. The van der Waals surface area contributed by atoms with Gasteiger partial charge in [-0.1, -0.05) is 13.0 Å². The summed E-state index contributed by atoms with van der Waals surface area (Å²) in [5, 5.41) is 11.4. The minimum atomic E-state index is -0.552. The van der Waals surface area contributed by atoms with Crippen molar-refractivity contribution >= 4 is 29.0 Å². The smallest absolute Gasteiger partial charge is 0.294 e. The number of hydrazine groups is 1. The number of hydrogen-bond donors (Lipinski definition) is 2. The van der Waals surface area contributed by atoms with Gasteiger partial charge >= 0.3 is 0 Å². The van der Waals surface area contributed by atoms with Crippen LogP contribution in [0.3, 0.4) is 0 Å². The Hall–Kier alpha value is -1.80. The molecule has 2 unspecified atom stereocenters. The second kappa shape index (κ2) is 6.31. The van der Waals surface area contributed by atoms with Crippen LogP contribution in [0.1, 0.15) is 24.2 Å². The van der Waals surface area contributed by atoms with Crippen LogP contribution in [-0.2, 0) is 0 Å². The number of benzene rings is 1. The van der Waals surface area contributed by atoms with E-state index in [1.54, 1.807) is 11.0 Å². The molecule has 1 fully saturated rings. The summed E-state index contributed by atoms with van der Waals surface area (Å²) in [5.41, 5.74) is 2.39. The van der Waals surface area contributed by atoms with Crippen molar-refractivity contribution in [1.29, 1.82) is 0 Å². The van der Waals surface area contributed by atoms with Crippen LogP contribution in [-0.4, -0.2) is 39.3 Å². The van der Waals surface area contributed by atoms with Crippen molar-refractivity contribution in [3.63, 3.8) is 0 Å². The average Bonchev–Trinajstić information content (AvgIpc) is 2.48. The number of nitrogen functional groups attached to an aromatic ring is 1. The number of carbonyl (C=O) groups is 1. The lowest BCUT2D eigenvalue weighted by Gasteiger charge is -2.37. The predicted octanol–water partition coefficient (Wildman–Crippen LogP) is 1.85. The van der Waals surface area contributed by atoms with Gasteiger partial charge in [-0.15, -0.1) is 0 Å². The highest BCUT2D eigenvalue weighted by atomic mass is 32.2. The van der Waals surface area contributed by atoms with Crippen LogP contribution in [0, 0.1) is 10.1 Å². The zero-order valence-corrected chi connectivity index (χ0v) is 12.7. The van der Waals surface area contributed by atoms with Gasteiger partial charge in [-0.2, -0.15) is 11.8 Å². The molecule has 7 nitrogen and oxygen atoms in total. The van der Waals surface area contributed by atoms with Crippen molar-refractivity contribution in [2.24, 2.45) is 5.84 Å². The first-order chi connectivity index (χ1) is 9.97. The number of carbonyl (C=O) groups excluding carboxylic acids is 1. The van der Waals surface area contributed by atoms with E-state index in [1.807, 2.05) is 18.7 Å². The zero-order chi connectivity index (χ0) is 15.6. The van der Waals surface area contributed by atoms with E-state index in [4.69, 9.17) is 5.84 Å². The monoisotopic (exact) mass is 310 g/mol. The molecule has 0 spiro atoms. The summed E-state index contributed by atoms with van der Waals surface area (Å²) < 4.78 is 0. The van der Waals surface area contributed by atoms with Crippen molar-refractivity contribution < 1.29 is 9.72 Å². The second-order valence-corrected chi connectivity index (χ2v) is 6.40. The lowest BCUT2D eigenvalue weighted by atomic mass is 10.1. The maximum absolute atomic E-state index is 12.7. The Kier molecular flexibility index (Phi) is 4.69. The van der Waals surface area contributed by atoms with Gasteiger partial charge in [-0.25, -0.2) is 0 Å². The molecule has 0 saturated carbocycles. The fraction of sp³-hybridized carbons (Fsp3) is 0.462. The third-order valence-electron chi connectivity index (χ3n) is 3.76. The van der Waals surface area contributed by atoms with Crippen LogP contribution in [0.5, 0.6) is 0 Å². The lowest BCUT2D eigenvalue weighted by Crippen LogP contribution is -2.48. The first-order valence-electron chi connectivity index (χ1n) is 6.64. The van der Waals surface area contributed by atoms with Crippen molar-refractivity contribution in [1.82, 2.24) is 4.90 Å². The lowest BCUT2D eigenvalue weighted by molar-refractivity contribution is -0.384. The first-order valence-corrected chi connectivity index (χ1v) is 7.68. The van der Waals surface area contributed by atoms with E-state index in [-0.39, 0.29) is 28.9 Å². The molecule has 2 rings (SSSR count). The molecule has 1 heterocycles. The van der Waals surface area contributed by atoms with E-state index >= 15 is 0 Å². The molecular formula is C13H18N4O3S. The van der Waals surface area contributed by atoms with Gasteiger partial charge in [0.1, 0.15) is 5.69 Å². The molecule has 1 saturated heterocycles. The number of hydrogen-bond acceptors (Lipinski definition) is 6. The zero-order valence-electron chi connectivity index (χ0n) is 11.9. The summed E-state index contributed by atoms with van der Waals surface area (Å²) in [4.78, 5) is 24.9. The minimum absolute atomic E-state index is 0.0607. The van der Waals surface area contributed by atoms with Gasteiger partial charge in [-0.05, 0) is 13.0 Å². The molecular weight excluding hydrogens is 292 g/mol. The second-order valence-electron chi connectivity index (χ2n) is 4.92. The van der Waals surface area contributed by atoms with Crippen molar-refractivity contribution in [3.05, 3.63) is 33.9 Å². The summed E-state index contributed by atoms with van der Waals surface area (Å²) in [6.07, 6.45) is 0. The van der Waals surface area contributed by atoms with Gasteiger partial charge in [0.15, 0.2) is 0 Å². The fourth-order valence-electron chi connectivity index (χ4n) is 2.40. The predicted molar refractivity (Wildman–Crippen MR) is 83.3 cm³/mol. The Bertz CT molecular complexity index is 566. The van der Waals surface area contributed by atoms with Crippen LogP contribution in [0.15, 0.2) is 18.2 Å². The highest BCUT2D eigenvalue weighted by molar-refractivity contribution is 8.00. The fourth-order valence-corrected chi connectivity index (χ4v) is 3.50. The summed E-state index contributed by atoms with van der Waals surface area (Å²) in [5.74, 6) is 6.02. The first kappa shape index (κ1) is 15.6. The Morgan fingerprint density at radius 2 is 2.24 bits per heavy atom. The molecule has 0 aromatic heterocycles. The molecule has 0 bridgehead atoms. The number of nitrogens with zero attached hydrogens (tertiary/aromatic N) is 2. The Labute approximate surface area is 127 Å². The molecule has 1 aromatic rings. The number of nitro groups is 1. The maximum atomic E-state index is 12.7.